The van der Waals surface area contributed by atoms with E-state index >= 15 is 0 Å². The summed E-state index contributed by atoms with van der Waals surface area (Å²) in [4.78, 5) is 50.7. The molecule has 11 atom stereocenters. The van der Waals surface area contributed by atoms with Crippen LogP contribution in [0.4, 0.5) is 0 Å². The zero-order valence-corrected chi connectivity index (χ0v) is 22.3. The molecule has 0 aliphatic carbocycles. The minimum atomic E-state index is -0.626. The second kappa shape index (κ2) is 8.18. The Morgan fingerprint density at radius 1 is 0.833 bits per heavy atom. The predicted molar refractivity (Wildman–Crippen MR) is 129 cm³/mol. The molecular formula is C26H38N4O6. The first-order chi connectivity index (χ1) is 16.7. The minimum Gasteiger partial charge on any atom is -0.360 e. The van der Waals surface area contributed by atoms with Crippen LogP contribution in [0.2, 0.25) is 0 Å². The molecule has 5 fully saturated rings. The van der Waals surface area contributed by atoms with Crippen molar-refractivity contribution in [3.05, 3.63) is 11.6 Å². The maximum Gasteiger partial charge on any atom is 0.258 e. The summed E-state index contributed by atoms with van der Waals surface area (Å²) >= 11 is 0. The monoisotopic (exact) mass is 502 g/mol. The quantitative estimate of drug-likeness (QED) is 0.357. The Morgan fingerprint density at radius 2 is 1.36 bits per heavy atom. The number of likely N-dealkylation sites (tertiary alicyclic amines) is 2. The Morgan fingerprint density at radius 3 is 1.94 bits per heavy atom. The number of hydrogen-bond acceptors (Lipinski definition) is 8. The molecule has 4 amide bonds. The topological polar surface area (TPSA) is 117 Å². The number of ether oxygens (including phenoxy) is 2. The van der Waals surface area contributed by atoms with Crippen molar-refractivity contribution in [3.63, 3.8) is 0 Å². The molecule has 2 N–H and O–H groups in total. The number of rotatable bonds is 0. The van der Waals surface area contributed by atoms with Crippen LogP contribution in [0, 0.1) is 17.8 Å². The number of nitrogens with one attached hydrogen (secondary N) is 2. The van der Waals surface area contributed by atoms with Crippen molar-refractivity contribution < 1.29 is 28.7 Å². The summed E-state index contributed by atoms with van der Waals surface area (Å²) in [6.45, 7) is 12.4. The normalized spacial score (nSPS) is 49.3. The Balaban J connectivity index is 0.000000148. The van der Waals surface area contributed by atoms with Gasteiger partial charge in [0, 0.05) is 26.2 Å². The van der Waals surface area contributed by atoms with Crippen molar-refractivity contribution in [1.82, 2.24) is 20.4 Å². The number of likely N-dealkylation sites (N-methyl/N-ethyl adjacent to an activating group) is 2. The lowest BCUT2D eigenvalue weighted by molar-refractivity contribution is -0.148. The van der Waals surface area contributed by atoms with E-state index in [0.29, 0.717) is 12.0 Å². The first kappa shape index (κ1) is 25.5. The third-order valence-corrected chi connectivity index (χ3v) is 9.45. The van der Waals surface area contributed by atoms with E-state index in [4.69, 9.17) is 9.47 Å². The van der Waals surface area contributed by atoms with E-state index < -0.39 is 23.4 Å². The van der Waals surface area contributed by atoms with Gasteiger partial charge in [0.25, 0.3) is 11.8 Å². The number of fused-ring (bicyclic) bond motifs is 6. The summed E-state index contributed by atoms with van der Waals surface area (Å²) in [5, 5.41) is 6.91. The minimum absolute atomic E-state index is 0.0462. The number of amides is 4. The van der Waals surface area contributed by atoms with E-state index in [9.17, 15) is 19.2 Å². The molecule has 10 nitrogen and oxygen atoms in total. The molecule has 6 aliphatic heterocycles. The average Bonchev–Trinajstić information content (AvgIpc) is 3.40. The van der Waals surface area contributed by atoms with E-state index in [-0.39, 0.29) is 53.6 Å². The smallest absolute Gasteiger partial charge is 0.258 e. The van der Waals surface area contributed by atoms with Gasteiger partial charge in [-0.25, -0.2) is 0 Å². The number of imide groups is 2. The average molecular weight is 503 g/mol. The van der Waals surface area contributed by atoms with Gasteiger partial charge < -0.3 is 20.1 Å². The van der Waals surface area contributed by atoms with Crippen LogP contribution >= 0.6 is 0 Å². The van der Waals surface area contributed by atoms with Gasteiger partial charge in [0.05, 0.1) is 29.5 Å². The number of carbonyl (C=O) groups excluding carboxylic acids is 4. The molecule has 198 valence electrons. The maximum absolute atomic E-state index is 12.2. The van der Waals surface area contributed by atoms with Crippen molar-refractivity contribution in [2.24, 2.45) is 17.8 Å². The van der Waals surface area contributed by atoms with Gasteiger partial charge in [-0.05, 0) is 47.0 Å². The van der Waals surface area contributed by atoms with Gasteiger partial charge in [-0.3, -0.25) is 29.0 Å². The lowest BCUT2D eigenvalue weighted by atomic mass is 9.76. The molecule has 6 heterocycles. The lowest BCUT2D eigenvalue weighted by Crippen LogP contribution is -2.60. The molecule has 10 heteroatoms. The van der Waals surface area contributed by atoms with E-state index in [1.807, 2.05) is 20.8 Å². The highest BCUT2D eigenvalue weighted by molar-refractivity contribution is 6.08. The van der Waals surface area contributed by atoms with Gasteiger partial charge in [0.2, 0.25) is 11.8 Å². The van der Waals surface area contributed by atoms with Crippen molar-refractivity contribution in [1.29, 1.82) is 0 Å². The molecule has 6 rings (SSSR count). The van der Waals surface area contributed by atoms with Gasteiger partial charge in [0.15, 0.2) is 12.2 Å². The fourth-order valence-corrected chi connectivity index (χ4v) is 7.03. The Bertz CT molecular complexity index is 1060. The van der Waals surface area contributed by atoms with Crippen LogP contribution in [0.15, 0.2) is 11.6 Å². The van der Waals surface area contributed by atoms with Gasteiger partial charge >= 0.3 is 0 Å². The molecule has 36 heavy (non-hydrogen) atoms. The molecule has 6 aliphatic rings. The number of piperidine rings is 1. The first-order valence-corrected chi connectivity index (χ1v) is 12.9. The van der Waals surface area contributed by atoms with Crippen LogP contribution in [0.5, 0.6) is 0 Å². The highest BCUT2D eigenvalue weighted by Gasteiger charge is 2.65. The highest BCUT2D eigenvalue weighted by Crippen LogP contribution is 2.47. The van der Waals surface area contributed by atoms with Gasteiger partial charge in [-0.1, -0.05) is 18.6 Å². The number of nitrogens with zero attached hydrogens (tertiary/aromatic N) is 2. The first-order valence-electron chi connectivity index (χ1n) is 12.9. The molecule has 0 saturated carbocycles. The van der Waals surface area contributed by atoms with Gasteiger partial charge in [0.1, 0.15) is 5.60 Å². The SMILES string of the molecule is CC1=CC2(C)OC3C(=O)N(C)C(=O)C3C2NC1C.CC1CC2(C)OC3C(=O)N(C)C(=O)C3C2NC1C. The molecule has 5 saturated heterocycles. The van der Waals surface area contributed by atoms with Crippen LogP contribution in [-0.4, -0.2) is 95.1 Å². The van der Waals surface area contributed by atoms with E-state index in [1.165, 1.54) is 22.4 Å². The second-order valence-electron chi connectivity index (χ2n) is 12.0. The van der Waals surface area contributed by atoms with E-state index in [1.54, 1.807) is 7.05 Å². The van der Waals surface area contributed by atoms with Crippen molar-refractivity contribution in [2.45, 2.75) is 95.5 Å². The fourth-order valence-electron chi connectivity index (χ4n) is 7.03. The second-order valence-corrected chi connectivity index (χ2v) is 12.0. The summed E-state index contributed by atoms with van der Waals surface area (Å²) in [6.07, 6.45) is 1.74. The standard InChI is InChI=1S/C13H20N2O3.C13H18N2O3/c2*1-6-5-13(3)10(14-7(6)2)8-9(18-13)12(17)15(4)11(8)16/h6-10,14H,5H2,1-4H3;5,7-10,14H,1-4H3. The highest BCUT2D eigenvalue weighted by atomic mass is 16.5. The van der Waals surface area contributed by atoms with E-state index in [2.05, 4.69) is 37.5 Å². The van der Waals surface area contributed by atoms with Gasteiger partial charge in [-0.2, -0.15) is 0 Å². The summed E-state index contributed by atoms with van der Waals surface area (Å²) in [5.74, 6) is -0.905. The Labute approximate surface area is 212 Å². The predicted octanol–water partition coefficient (Wildman–Crippen LogP) is 0.211. The molecule has 0 radical (unpaired) electrons. The van der Waals surface area contributed by atoms with E-state index in [0.717, 1.165) is 6.42 Å². The van der Waals surface area contributed by atoms with Crippen LogP contribution in [0.25, 0.3) is 0 Å². The summed E-state index contributed by atoms with van der Waals surface area (Å²) in [7, 11) is 3.07. The largest absolute Gasteiger partial charge is 0.360 e. The summed E-state index contributed by atoms with van der Waals surface area (Å²) in [5.41, 5.74) is 0.230. The number of hydrogen-bond donors (Lipinski definition) is 2. The molecule has 0 aromatic rings. The molecular weight excluding hydrogens is 464 g/mol. The molecule has 0 spiro atoms. The van der Waals surface area contributed by atoms with Crippen LogP contribution in [0.1, 0.15) is 48.0 Å². The zero-order chi connectivity index (χ0) is 26.5. The number of carbonyl (C=O) groups is 4. The molecule has 11 unspecified atom stereocenters. The van der Waals surface area contributed by atoms with Crippen LogP contribution in [-0.2, 0) is 28.7 Å². The van der Waals surface area contributed by atoms with Crippen LogP contribution in [0.3, 0.4) is 0 Å². The zero-order valence-electron chi connectivity index (χ0n) is 22.3. The van der Waals surface area contributed by atoms with Crippen molar-refractivity contribution in [3.8, 4) is 0 Å². The molecule has 0 aromatic heterocycles. The maximum atomic E-state index is 12.2. The summed E-state index contributed by atoms with van der Waals surface area (Å²) < 4.78 is 11.9. The van der Waals surface area contributed by atoms with Crippen LogP contribution < -0.4 is 10.6 Å². The summed E-state index contributed by atoms with van der Waals surface area (Å²) in [6, 6.07) is 0.385. The molecule has 0 aromatic carbocycles. The molecule has 0 bridgehead atoms. The van der Waals surface area contributed by atoms with Gasteiger partial charge in [-0.15, -0.1) is 0 Å². The van der Waals surface area contributed by atoms with Crippen molar-refractivity contribution >= 4 is 23.6 Å². The fraction of sp³-hybridized carbons (Fsp3) is 0.769. The lowest BCUT2D eigenvalue weighted by Gasteiger charge is -2.44. The third kappa shape index (κ3) is 3.44. The van der Waals surface area contributed by atoms with Crippen molar-refractivity contribution in [2.75, 3.05) is 14.1 Å². The Kier molecular flexibility index (Phi) is 5.80. The third-order valence-electron chi connectivity index (χ3n) is 9.45. The Hall–Kier alpha value is -2.14.